The van der Waals surface area contributed by atoms with Gasteiger partial charge in [0, 0.05) is 23.9 Å². The van der Waals surface area contributed by atoms with Crippen LogP contribution in [0.1, 0.15) is 66.0 Å². The van der Waals surface area contributed by atoms with Crippen LogP contribution < -0.4 is 5.56 Å². The summed E-state index contributed by atoms with van der Waals surface area (Å²) < 4.78 is 1.33. The predicted octanol–water partition coefficient (Wildman–Crippen LogP) is 3.41. The molecule has 0 saturated heterocycles. The van der Waals surface area contributed by atoms with Gasteiger partial charge >= 0.3 is 0 Å². The number of aryl methyl sites for hydroxylation is 3. The Bertz CT molecular complexity index is 1040. The van der Waals surface area contributed by atoms with Crippen LogP contribution in [-0.4, -0.2) is 26.9 Å². The molecule has 0 spiro atoms. The molecule has 0 bridgehead atoms. The molecular formula is C21H27N3O3. The first kappa shape index (κ1) is 19.1. The van der Waals surface area contributed by atoms with E-state index in [1.165, 1.54) is 4.68 Å². The third kappa shape index (κ3) is 2.66. The summed E-state index contributed by atoms with van der Waals surface area (Å²) in [6, 6.07) is 3.70. The van der Waals surface area contributed by atoms with E-state index in [0.717, 1.165) is 22.4 Å². The summed E-state index contributed by atoms with van der Waals surface area (Å²) >= 11 is 0. The fourth-order valence-corrected chi connectivity index (χ4v) is 3.58. The molecule has 2 aromatic rings. The second-order valence-electron chi connectivity index (χ2n) is 8.40. The van der Waals surface area contributed by atoms with Gasteiger partial charge in [0.05, 0.1) is 11.1 Å². The first-order chi connectivity index (χ1) is 12.4. The third-order valence-corrected chi connectivity index (χ3v) is 6.07. The lowest BCUT2D eigenvalue weighted by molar-refractivity contribution is -0.0409. The molecule has 0 atom stereocenters. The zero-order chi connectivity index (χ0) is 20.3. The number of rotatable bonds is 3. The predicted molar refractivity (Wildman–Crippen MR) is 106 cm³/mol. The van der Waals surface area contributed by atoms with Gasteiger partial charge in [-0.25, -0.2) is 0 Å². The van der Waals surface area contributed by atoms with Crippen molar-refractivity contribution in [3.63, 3.8) is 0 Å². The number of hydrogen-bond acceptors (Lipinski definition) is 4. The summed E-state index contributed by atoms with van der Waals surface area (Å²) in [7, 11) is 1.61. The van der Waals surface area contributed by atoms with Crippen LogP contribution in [0.25, 0.3) is 0 Å². The molecule has 0 saturated carbocycles. The largest absolute Gasteiger partial charge is 0.389 e. The van der Waals surface area contributed by atoms with Gasteiger partial charge in [-0.2, -0.15) is 0 Å². The van der Waals surface area contributed by atoms with Crippen molar-refractivity contribution in [3.8, 4) is 0 Å². The Morgan fingerprint density at radius 2 is 1.78 bits per heavy atom. The number of carbonyl (C=O) groups excluding carboxylic acids is 1. The van der Waals surface area contributed by atoms with Crippen LogP contribution >= 0.6 is 0 Å². The van der Waals surface area contributed by atoms with Gasteiger partial charge in [0.1, 0.15) is 11.2 Å². The first-order valence-electron chi connectivity index (χ1n) is 9.07. The Hall–Kier alpha value is -2.63. The highest BCUT2D eigenvalue weighted by atomic mass is 16.7. The maximum atomic E-state index is 13.2. The minimum Gasteiger partial charge on any atom is -0.389 e. The monoisotopic (exact) mass is 369 g/mol. The number of ketones is 1. The van der Waals surface area contributed by atoms with Gasteiger partial charge in [0.15, 0.2) is 0 Å². The molecule has 27 heavy (non-hydrogen) atoms. The van der Waals surface area contributed by atoms with Crippen LogP contribution in [0.3, 0.4) is 0 Å². The lowest BCUT2D eigenvalue weighted by Crippen LogP contribution is -2.41. The lowest BCUT2D eigenvalue weighted by Gasteiger charge is -2.33. The smallest absolute Gasteiger partial charge is 0.277 e. The zero-order valence-electron chi connectivity index (χ0n) is 17.3. The molecule has 144 valence electrons. The number of H-pyrrole nitrogens is 1. The van der Waals surface area contributed by atoms with E-state index < -0.39 is 5.60 Å². The average Bonchev–Trinajstić information content (AvgIpc) is 2.93. The van der Waals surface area contributed by atoms with E-state index in [-0.39, 0.29) is 22.3 Å². The summed E-state index contributed by atoms with van der Waals surface area (Å²) in [5, 5.41) is 7.27. The van der Waals surface area contributed by atoms with Crippen molar-refractivity contribution in [2.24, 2.45) is 17.6 Å². The second-order valence-corrected chi connectivity index (χ2v) is 8.40. The Balaban J connectivity index is 2.19. The SMILES string of the molecule is Cc1ccc(C(=O)c2c(C)[nH]n(C)c2=O)c(C)c1C1=NOC(C)(C)C1(C)C. The van der Waals surface area contributed by atoms with E-state index in [2.05, 4.69) is 24.1 Å². The number of nitrogens with zero attached hydrogens (tertiary/aromatic N) is 2. The summed E-state index contributed by atoms with van der Waals surface area (Å²) in [5.74, 6) is -0.273. The number of aromatic amines is 1. The van der Waals surface area contributed by atoms with Crippen molar-refractivity contribution >= 4 is 11.5 Å². The van der Waals surface area contributed by atoms with Crippen molar-refractivity contribution in [3.05, 3.63) is 56.0 Å². The Morgan fingerprint density at radius 1 is 1.15 bits per heavy atom. The van der Waals surface area contributed by atoms with Crippen LogP contribution in [0.2, 0.25) is 0 Å². The summed E-state index contributed by atoms with van der Waals surface area (Å²) in [4.78, 5) is 31.3. The summed E-state index contributed by atoms with van der Waals surface area (Å²) in [6.45, 7) is 13.9. The van der Waals surface area contributed by atoms with Crippen molar-refractivity contribution < 1.29 is 9.63 Å². The van der Waals surface area contributed by atoms with E-state index in [4.69, 9.17) is 4.84 Å². The molecule has 2 heterocycles. The molecule has 1 aromatic carbocycles. The highest BCUT2D eigenvalue weighted by molar-refractivity contribution is 6.14. The van der Waals surface area contributed by atoms with Crippen molar-refractivity contribution in [2.45, 2.75) is 54.1 Å². The molecule has 0 radical (unpaired) electrons. The number of benzene rings is 1. The molecule has 0 unspecified atom stereocenters. The van der Waals surface area contributed by atoms with E-state index >= 15 is 0 Å². The highest BCUT2D eigenvalue weighted by Crippen LogP contribution is 2.44. The zero-order valence-corrected chi connectivity index (χ0v) is 17.3. The van der Waals surface area contributed by atoms with Gasteiger partial charge in [-0.1, -0.05) is 31.1 Å². The van der Waals surface area contributed by atoms with E-state index in [1.54, 1.807) is 20.0 Å². The second kappa shape index (κ2) is 5.94. The number of carbonyl (C=O) groups is 1. The molecule has 6 nitrogen and oxygen atoms in total. The Morgan fingerprint density at radius 3 is 2.26 bits per heavy atom. The summed E-state index contributed by atoms with van der Waals surface area (Å²) in [6.07, 6.45) is 0. The topological polar surface area (TPSA) is 76.5 Å². The maximum Gasteiger partial charge on any atom is 0.277 e. The lowest BCUT2D eigenvalue weighted by atomic mass is 9.70. The van der Waals surface area contributed by atoms with Crippen molar-refractivity contribution in [2.75, 3.05) is 0 Å². The quantitative estimate of drug-likeness (QED) is 0.843. The molecule has 3 rings (SSSR count). The van der Waals surface area contributed by atoms with E-state index in [9.17, 15) is 9.59 Å². The third-order valence-electron chi connectivity index (χ3n) is 6.07. The normalized spacial score (nSPS) is 17.6. The van der Waals surface area contributed by atoms with Gasteiger partial charge in [-0.3, -0.25) is 19.4 Å². The van der Waals surface area contributed by atoms with Gasteiger partial charge in [-0.15, -0.1) is 0 Å². The van der Waals surface area contributed by atoms with Gasteiger partial charge in [-0.05, 0) is 45.7 Å². The van der Waals surface area contributed by atoms with Crippen LogP contribution in [0.15, 0.2) is 22.1 Å². The van der Waals surface area contributed by atoms with E-state index in [0.29, 0.717) is 11.3 Å². The molecular weight excluding hydrogens is 342 g/mol. The minimum absolute atomic E-state index is 0.180. The van der Waals surface area contributed by atoms with Crippen molar-refractivity contribution in [1.82, 2.24) is 9.78 Å². The van der Waals surface area contributed by atoms with E-state index in [1.807, 2.05) is 33.8 Å². The minimum atomic E-state index is -0.450. The fraction of sp³-hybridized carbons (Fsp3) is 0.476. The van der Waals surface area contributed by atoms with Gasteiger partial charge in [0.25, 0.3) is 5.56 Å². The van der Waals surface area contributed by atoms with Crippen LogP contribution in [0, 0.1) is 26.2 Å². The molecule has 1 aliphatic heterocycles. The van der Waals surface area contributed by atoms with Crippen LogP contribution in [-0.2, 0) is 11.9 Å². The molecule has 1 aliphatic rings. The number of oxime groups is 1. The average molecular weight is 369 g/mol. The molecule has 0 fully saturated rings. The number of aromatic nitrogens is 2. The molecule has 6 heteroatoms. The number of hydrogen-bond donors (Lipinski definition) is 1. The maximum absolute atomic E-state index is 13.2. The fourth-order valence-electron chi connectivity index (χ4n) is 3.58. The van der Waals surface area contributed by atoms with Gasteiger partial charge in [0.2, 0.25) is 5.78 Å². The standard InChI is InChI=1S/C21H27N3O3/c1-11-9-10-14(17(25)16-13(3)22-24(8)19(16)26)12(2)15(11)18-20(4,5)21(6,7)27-23-18/h9-10,22H,1-8H3. The highest BCUT2D eigenvalue weighted by Gasteiger charge is 2.49. The first-order valence-corrected chi connectivity index (χ1v) is 9.07. The van der Waals surface area contributed by atoms with Crippen molar-refractivity contribution in [1.29, 1.82) is 0 Å². The van der Waals surface area contributed by atoms with Crippen LogP contribution in [0.4, 0.5) is 0 Å². The number of nitrogens with one attached hydrogen (secondary N) is 1. The molecule has 0 aliphatic carbocycles. The molecule has 1 aromatic heterocycles. The molecule has 0 amide bonds. The Labute approximate surface area is 159 Å². The van der Waals surface area contributed by atoms with Gasteiger partial charge < -0.3 is 4.84 Å². The van der Waals surface area contributed by atoms with Crippen LogP contribution in [0.5, 0.6) is 0 Å². The molecule has 1 N–H and O–H groups in total. The Kier molecular flexibility index (Phi) is 4.21. The summed E-state index contributed by atoms with van der Waals surface area (Å²) in [5.41, 5.74) is 3.75.